The Balaban J connectivity index is 2.92. The van der Waals surface area contributed by atoms with E-state index >= 15 is 0 Å². The first-order valence-corrected chi connectivity index (χ1v) is 5.99. The molecule has 0 radical (unpaired) electrons. The van der Waals surface area contributed by atoms with Gasteiger partial charge in [-0.1, -0.05) is 39.0 Å². The summed E-state index contributed by atoms with van der Waals surface area (Å²) in [7, 11) is 0. The van der Waals surface area contributed by atoms with Gasteiger partial charge in [0.15, 0.2) is 0 Å². The lowest BCUT2D eigenvalue weighted by Gasteiger charge is -2.15. The van der Waals surface area contributed by atoms with Gasteiger partial charge in [-0.3, -0.25) is 4.79 Å². The third-order valence-electron chi connectivity index (χ3n) is 3.05. The average molecular weight is 219 g/mol. The van der Waals surface area contributed by atoms with Crippen LogP contribution in [0.2, 0.25) is 0 Å². The molecule has 0 saturated carbocycles. The van der Waals surface area contributed by atoms with Gasteiger partial charge in [0.1, 0.15) is 0 Å². The first-order chi connectivity index (χ1) is 7.60. The van der Waals surface area contributed by atoms with Gasteiger partial charge in [-0.25, -0.2) is 0 Å². The highest BCUT2D eigenvalue weighted by Gasteiger charge is 2.13. The first kappa shape index (κ1) is 12.8. The van der Waals surface area contributed by atoms with Gasteiger partial charge in [-0.15, -0.1) is 0 Å². The van der Waals surface area contributed by atoms with Crippen LogP contribution < -0.4 is 5.32 Å². The summed E-state index contributed by atoms with van der Waals surface area (Å²) in [5.74, 6) is 0.191. The van der Waals surface area contributed by atoms with Crippen molar-refractivity contribution in [3.8, 4) is 0 Å². The second-order valence-electron chi connectivity index (χ2n) is 4.26. The van der Waals surface area contributed by atoms with Crippen molar-refractivity contribution in [2.45, 2.75) is 40.5 Å². The molecule has 0 bridgehead atoms. The standard InChI is InChI=1S/C14H21NO/c1-5-10(3)14(16)15-13-11(4)8-7-9-12(13)6-2/h7-10H,5-6H2,1-4H3,(H,15,16). The van der Waals surface area contributed by atoms with Gasteiger partial charge >= 0.3 is 0 Å². The van der Waals surface area contributed by atoms with Crippen LogP contribution in [-0.4, -0.2) is 5.91 Å². The van der Waals surface area contributed by atoms with Gasteiger partial charge in [0.05, 0.1) is 0 Å². The van der Waals surface area contributed by atoms with E-state index in [1.165, 1.54) is 5.56 Å². The molecule has 0 saturated heterocycles. The van der Waals surface area contributed by atoms with Crippen LogP contribution in [0.15, 0.2) is 18.2 Å². The Morgan fingerprint density at radius 2 is 2.06 bits per heavy atom. The van der Waals surface area contributed by atoms with Crippen LogP contribution in [0.3, 0.4) is 0 Å². The fraction of sp³-hybridized carbons (Fsp3) is 0.500. The largest absolute Gasteiger partial charge is 0.325 e. The molecular weight excluding hydrogens is 198 g/mol. The molecule has 16 heavy (non-hydrogen) atoms. The number of aryl methyl sites for hydroxylation is 2. The second-order valence-corrected chi connectivity index (χ2v) is 4.26. The number of carbonyl (C=O) groups excluding carboxylic acids is 1. The average Bonchev–Trinajstić information content (AvgIpc) is 2.30. The molecule has 0 aromatic heterocycles. The van der Waals surface area contributed by atoms with Crippen molar-refractivity contribution in [1.82, 2.24) is 0 Å². The quantitative estimate of drug-likeness (QED) is 0.824. The molecule has 0 heterocycles. The van der Waals surface area contributed by atoms with Crippen molar-refractivity contribution >= 4 is 11.6 Å². The summed E-state index contributed by atoms with van der Waals surface area (Å²) < 4.78 is 0. The van der Waals surface area contributed by atoms with Crippen LogP contribution in [-0.2, 0) is 11.2 Å². The number of carbonyl (C=O) groups is 1. The Kier molecular flexibility index (Phi) is 4.53. The molecule has 0 aliphatic heterocycles. The van der Waals surface area contributed by atoms with Gasteiger partial charge in [-0.05, 0) is 30.9 Å². The highest BCUT2D eigenvalue weighted by Crippen LogP contribution is 2.22. The molecule has 0 aliphatic rings. The molecule has 88 valence electrons. The third kappa shape index (κ3) is 2.84. The van der Waals surface area contributed by atoms with E-state index in [9.17, 15) is 4.79 Å². The zero-order valence-corrected chi connectivity index (χ0v) is 10.6. The van der Waals surface area contributed by atoms with Crippen molar-refractivity contribution in [2.75, 3.05) is 5.32 Å². The third-order valence-corrected chi connectivity index (χ3v) is 3.05. The minimum atomic E-state index is 0.0734. The number of nitrogens with one attached hydrogen (secondary N) is 1. The fourth-order valence-electron chi connectivity index (χ4n) is 1.63. The Labute approximate surface area is 98.1 Å². The minimum absolute atomic E-state index is 0.0734. The number of benzene rings is 1. The Bertz CT molecular complexity index is 371. The number of hydrogen-bond donors (Lipinski definition) is 1. The Morgan fingerprint density at radius 3 is 2.62 bits per heavy atom. The molecule has 1 atom stereocenters. The van der Waals surface area contributed by atoms with Crippen molar-refractivity contribution in [2.24, 2.45) is 5.92 Å². The van der Waals surface area contributed by atoms with Crippen LogP contribution in [0.5, 0.6) is 0 Å². The van der Waals surface area contributed by atoms with Gasteiger partial charge in [0.2, 0.25) is 5.91 Å². The van der Waals surface area contributed by atoms with E-state index in [2.05, 4.69) is 18.3 Å². The SMILES string of the molecule is CCc1cccc(C)c1NC(=O)C(C)CC. The number of amides is 1. The van der Waals surface area contributed by atoms with Gasteiger partial charge in [0, 0.05) is 11.6 Å². The Morgan fingerprint density at radius 1 is 1.38 bits per heavy atom. The monoisotopic (exact) mass is 219 g/mol. The molecule has 1 aromatic rings. The molecule has 0 aliphatic carbocycles. The lowest BCUT2D eigenvalue weighted by Crippen LogP contribution is -2.21. The van der Waals surface area contributed by atoms with Crippen molar-refractivity contribution in [3.05, 3.63) is 29.3 Å². The maximum atomic E-state index is 11.9. The molecule has 1 amide bonds. The summed E-state index contributed by atoms with van der Waals surface area (Å²) in [5.41, 5.74) is 3.34. The number of rotatable bonds is 4. The normalized spacial score (nSPS) is 12.2. The lowest BCUT2D eigenvalue weighted by molar-refractivity contribution is -0.119. The van der Waals surface area contributed by atoms with E-state index in [1.807, 2.05) is 32.9 Å². The van der Waals surface area contributed by atoms with Gasteiger partial charge in [-0.2, -0.15) is 0 Å². The van der Waals surface area contributed by atoms with E-state index in [1.54, 1.807) is 0 Å². The van der Waals surface area contributed by atoms with Crippen LogP contribution in [0.4, 0.5) is 5.69 Å². The van der Waals surface area contributed by atoms with Gasteiger partial charge < -0.3 is 5.32 Å². The maximum absolute atomic E-state index is 11.9. The number of para-hydroxylation sites is 1. The predicted octanol–water partition coefficient (Wildman–Crippen LogP) is 3.54. The summed E-state index contributed by atoms with van der Waals surface area (Å²) in [5, 5.41) is 3.04. The summed E-state index contributed by atoms with van der Waals surface area (Å²) in [6.45, 7) is 8.13. The lowest BCUT2D eigenvalue weighted by atomic mass is 10.0. The minimum Gasteiger partial charge on any atom is -0.325 e. The Hall–Kier alpha value is -1.31. The van der Waals surface area contributed by atoms with E-state index in [0.717, 1.165) is 24.1 Å². The highest BCUT2D eigenvalue weighted by molar-refractivity contribution is 5.93. The zero-order valence-electron chi connectivity index (χ0n) is 10.6. The summed E-state index contributed by atoms with van der Waals surface area (Å²) in [4.78, 5) is 11.9. The van der Waals surface area contributed by atoms with Crippen LogP contribution in [0, 0.1) is 12.8 Å². The molecular formula is C14H21NO. The van der Waals surface area contributed by atoms with E-state index in [0.29, 0.717) is 0 Å². The summed E-state index contributed by atoms with van der Waals surface area (Å²) in [6.07, 6.45) is 1.82. The number of anilines is 1. The fourth-order valence-corrected chi connectivity index (χ4v) is 1.63. The number of hydrogen-bond acceptors (Lipinski definition) is 1. The van der Waals surface area contributed by atoms with Crippen LogP contribution >= 0.6 is 0 Å². The molecule has 1 rings (SSSR count). The molecule has 2 heteroatoms. The van der Waals surface area contributed by atoms with E-state index in [-0.39, 0.29) is 11.8 Å². The molecule has 2 nitrogen and oxygen atoms in total. The van der Waals surface area contributed by atoms with E-state index in [4.69, 9.17) is 0 Å². The maximum Gasteiger partial charge on any atom is 0.227 e. The first-order valence-electron chi connectivity index (χ1n) is 5.99. The molecule has 0 spiro atoms. The smallest absolute Gasteiger partial charge is 0.227 e. The van der Waals surface area contributed by atoms with Crippen LogP contribution in [0.25, 0.3) is 0 Å². The molecule has 0 fully saturated rings. The summed E-state index contributed by atoms with van der Waals surface area (Å²) in [6, 6.07) is 6.14. The highest BCUT2D eigenvalue weighted by atomic mass is 16.1. The molecule has 1 aromatic carbocycles. The van der Waals surface area contributed by atoms with Crippen molar-refractivity contribution < 1.29 is 4.79 Å². The zero-order chi connectivity index (χ0) is 12.1. The van der Waals surface area contributed by atoms with Crippen LogP contribution in [0.1, 0.15) is 38.3 Å². The van der Waals surface area contributed by atoms with Crippen molar-refractivity contribution in [3.63, 3.8) is 0 Å². The second kappa shape index (κ2) is 5.69. The van der Waals surface area contributed by atoms with E-state index < -0.39 is 0 Å². The molecule has 1 N–H and O–H groups in total. The summed E-state index contributed by atoms with van der Waals surface area (Å²) >= 11 is 0. The predicted molar refractivity (Wildman–Crippen MR) is 68.6 cm³/mol. The topological polar surface area (TPSA) is 29.1 Å². The van der Waals surface area contributed by atoms with Crippen molar-refractivity contribution in [1.29, 1.82) is 0 Å². The molecule has 1 unspecified atom stereocenters. The van der Waals surface area contributed by atoms with Gasteiger partial charge in [0.25, 0.3) is 0 Å².